The molecule has 70 valence electrons. The van der Waals surface area contributed by atoms with Crippen molar-refractivity contribution in [2.45, 2.75) is 11.8 Å². The van der Waals surface area contributed by atoms with Crippen molar-refractivity contribution in [2.24, 2.45) is 0 Å². The summed E-state index contributed by atoms with van der Waals surface area (Å²) in [5.41, 5.74) is 1.04. The van der Waals surface area contributed by atoms with Crippen molar-refractivity contribution in [3.05, 3.63) is 35.9 Å². The molecule has 1 unspecified atom stereocenters. The van der Waals surface area contributed by atoms with Crippen LogP contribution in [0.3, 0.4) is 0 Å². The molecule has 3 heteroatoms. The van der Waals surface area contributed by atoms with Crippen molar-refractivity contribution in [3.63, 3.8) is 0 Å². The number of methoxy groups -OCH3 is 1. The highest BCUT2D eigenvalue weighted by Crippen LogP contribution is 2.08. The fourth-order valence-electron chi connectivity index (χ4n) is 1.03. The molecule has 13 heavy (non-hydrogen) atoms. The zero-order chi connectivity index (χ0) is 9.68. The number of carbonyl (C=O) groups excluding carboxylic acids is 1. The second kappa shape index (κ2) is 4.87. The van der Waals surface area contributed by atoms with Crippen LogP contribution in [-0.4, -0.2) is 18.5 Å². The van der Waals surface area contributed by atoms with Crippen molar-refractivity contribution in [1.29, 1.82) is 0 Å². The van der Waals surface area contributed by atoms with Crippen molar-refractivity contribution in [2.75, 3.05) is 7.11 Å². The molecule has 0 spiro atoms. The third kappa shape index (κ3) is 3.07. The Balaban J connectivity index is 2.55. The highest BCUT2D eigenvalue weighted by atomic mass is 35.5. The molecule has 2 nitrogen and oxygen atoms in total. The molecule has 0 heterocycles. The molecule has 0 bridgehead atoms. The maximum atomic E-state index is 11.0. The number of hydrogen-bond acceptors (Lipinski definition) is 2. The largest absolute Gasteiger partial charge is 0.468 e. The van der Waals surface area contributed by atoms with Gasteiger partial charge in [-0.3, -0.25) is 4.79 Å². The minimum Gasteiger partial charge on any atom is -0.468 e. The molecule has 0 amide bonds. The third-order valence-corrected chi connectivity index (χ3v) is 2.05. The van der Waals surface area contributed by atoms with Crippen LogP contribution in [0.2, 0.25) is 0 Å². The van der Waals surface area contributed by atoms with Gasteiger partial charge in [0, 0.05) is 0 Å². The predicted molar refractivity (Wildman–Crippen MR) is 51.8 cm³/mol. The predicted octanol–water partition coefficient (Wildman–Crippen LogP) is 2.01. The molecule has 0 aliphatic carbocycles. The van der Waals surface area contributed by atoms with Crippen molar-refractivity contribution < 1.29 is 9.53 Å². The number of ether oxygens (including phenoxy) is 1. The third-order valence-electron chi connectivity index (χ3n) is 1.71. The summed E-state index contributed by atoms with van der Waals surface area (Å²) in [5.74, 6) is -0.384. The van der Waals surface area contributed by atoms with Gasteiger partial charge in [0.25, 0.3) is 0 Å². The Labute approximate surface area is 82.5 Å². The number of alkyl halides is 1. The molecule has 1 aromatic carbocycles. The van der Waals surface area contributed by atoms with Crippen LogP contribution in [0.25, 0.3) is 0 Å². The molecule has 0 fully saturated rings. The smallest absolute Gasteiger partial charge is 0.324 e. The summed E-state index contributed by atoms with van der Waals surface area (Å²) in [5, 5.41) is -0.590. The molecule has 0 aromatic heterocycles. The van der Waals surface area contributed by atoms with Crippen LogP contribution in [-0.2, 0) is 16.0 Å². The second-order valence-corrected chi connectivity index (χ2v) is 3.21. The van der Waals surface area contributed by atoms with Gasteiger partial charge in [0.2, 0.25) is 0 Å². The fourth-order valence-corrected chi connectivity index (χ4v) is 1.30. The first-order valence-corrected chi connectivity index (χ1v) is 4.43. The lowest BCUT2D eigenvalue weighted by atomic mass is 10.1. The standard InChI is InChI=1S/C10H11ClO2/c1-13-10(12)9(11)7-8-5-3-2-4-6-8/h2-6,9H,7H2,1H3. The van der Waals surface area contributed by atoms with E-state index in [2.05, 4.69) is 4.74 Å². The van der Waals surface area contributed by atoms with Crippen molar-refractivity contribution in [3.8, 4) is 0 Å². The van der Waals surface area contributed by atoms with Crippen LogP contribution >= 0.6 is 11.6 Å². The van der Waals surface area contributed by atoms with Gasteiger partial charge in [0.05, 0.1) is 7.11 Å². The molecule has 1 aromatic rings. The highest BCUT2D eigenvalue weighted by Gasteiger charge is 2.15. The summed E-state index contributed by atoms with van der Waals surface area (Å²) in [4.78, 5) is 11.0. The Morgan fingerprint density at radius 2 is 2.08 bits per heavy atom. The average molecular weight is 199 g/mol. The lowest BCUT2D eigenvalue weighted by Crippen LogP contribution is -2.18. The Kier molecular flexibility index (Phi) is 3.77. The minimum atomic E-state index is -0.590. The van der Waals surface area contributed by atoms with Gasteiger partial charge in [-0.15, -0.1) is 11.6 Å². The van der Waals surface area contributed by atoms with E-state index in [0.717, 1.165) is 5.56 Å². The molecule has 0 N–H and O–H groups in total. The van der Waals surface area contributed by atoms with Gasteiger partial charge in [0.15, 0.2) is 0 Å². The van der Waals surface area contributed by atoms with Crippen LogP contribution in [0.15, 0.2) is 30.3 Å². The SMILES string of the molecule is COC(=O)C(Cl)Cc1ccccc1. The van der Waals surface area contributed by atoms with E-state index in [1.807, 2.05) is 30.3 Å². The van der Waals surface area contributed by atoms with Gasteiger partial charge in [-0.2, -0.15) is 0 Å². The number of hydrogen-bond donors (Lipinski definition) is 0. The van der Waals surface area contributed by atoms with Gasteiger partial charge in [-0.25, -0.2) is 0 Å². The number of rotatable bonds is 3. The number of halogens is 1. The molecule has 1 atom stereocenters. The molecule has 0 radical (unpaired) electrons. The molecular formula is C10H11ClO2. The minimum absolute atomic E-state index is 0.384. The lowest BCUT2D eigenvalue weighted by Gasteiger charge is -2.06. The van der Waals surface area contributed by atoms with E-state index in [1.54, 1.807) is 0 Å². The average Bonchev–Trinajstić information content (AvgIpc) is 2.18. The van der Waals surface area contributed by atoms with Crippen LogP contribution in [0.1, 0.15) is 5.56 Å². The molecular weight excluding hydrogens is 188 g/mol. The maximum Gasteiger partial charge on any atom is 0.324 e. The Hall–Kier alpha value is -1.02. The van der Waals surface area contributed by atoms with Gasteiger partial charge in [0.1, 0.15) is 5.38 Å². The van der Waals surface area contributed by atoms with Gasteiger partial charge < -0.3 is 4.74 Å². The van der Waals surface area contributed by atoms with Crippen LogP contribution in [0, 0.1) is 0 Å². The summed E-state index contributed by atoms with van der Waals surface area (Å²) in [6, 6.07) is 9.61. The second-order valence-electron chi connectivity index (χ2n) is 2.68. The maximum absolute atomic E-state index is 11.0. The highest BCUT2D eigenvalue weighted by molar-refractivity contribution is 6.30. The van der Waals surface area contributed by atoms with E-state index in [0.29, 0.717) is 6.42 Å². The van der Waals surface area contributed by atoms with E-state index in [1.165, 1.54) is 7.11 Å². The molecule has 0 aliphatic heterocycles. The van der Waals surface area contributed by atoms with Gasteiger partial charge in [-0.1, -0.05) is 30.3 Å². The fraction of sp³-hybridized carbons (Fsp3) is 0.300. The van der Waals surface area contributed by atoms with E-state index >= 15 is 0 Å². The summed E-state index contributed by atoms with van der Waals surface area (Å²) < 4.78 is 4.51. The van der Waals surface area contributed by atoms with Crippen LogP contribution in [0.4, 0.5) is 0 Å². The van der Waals surface area contributed by atoms with Crippen LogP contribution < -0.4 is 0 Å². The number of carbonyl (C=O) groups is 1. The molecule has 0 saturated heterocycles. The first-order valence-electron chi connectivity index (χ1n) is 4.00. The zero-order valence-corrected chi connectivity index (χ0v) is 8.12. The topological polar surface area (TPSA) is 26.3 Å². The normalized spacial score (nSPS) is 12.2. The number of esters is 1. The molecule has 0 saturated carbocycles. The van der Waals surface area contributed by atoms with E-state index < -0.39 is 5.38 Å². The Morgan fingerprint density at radius 1 is 1.46 bits per heavy atom. The monoisotopic (exact) mass is 198 g/mol. The van der Waals surface area contributed by atoms with Crippen LogP contribution in [0.5, 0.6) is 0 Å². The van der Waals surface area contributed by atoms with Crippen molar-refractivity contribution >= 4 is 17.6 Å². The first kappa shape index (κ1) is 10.1. The lowest BCUT2D eigenvalue weighted by molar-refractivity contribution is -0.140. The summed E-state index contributed by atoms with van der Waals surface area (Å²) >= 11 is 5.79. The van der Waals surface area contributed by atoms with E-state index in [-0.39, 0.29) is 5.97 Å². The summed E-state index contributed by atoms with van der Waals surface area (Å²) in [6.07, 6.45) is 0.509. The number of benzene rings is 1. The Bertz CT molecular complexity index is 272. The van der Waals surface area contributed by atoms with E-state index in [4.69, 9.17) is 11.6 Å². The summed E-state index contributed by atoms with van der Waals surface area (Å²) in [6.45, 7) is 0. The zero-order valence-electron chi connectivity index (χ0n) is 7.37. The van der Waals surface area contributed by atoms with Gasteiger partial charge >= 0.3 is 5.97 Å². The van der Waals surface area contributed by atoms with Crippen molar-refractivity contribution in [1.82, 2.24) is 0 Å². The molecule has 1 rings (SSSR count). The van der Waals surface area contributed by atoms with E-state index in [9.17, 15) is 4.79 Å². The van der Waals surface area contributed by atoms with Gasteiger partial charge in [-0.05, 0) is 12.0 Å². The first-order chi connectivity index (χ1) is 6.24. The molecule has 0 aliphatic rings. The summed E-state index contributed by atoms with van der Waals surface area (Å²) in [7, 11) is 1.34. The Morgan fingerprint density at radius 3 is 2.62 bits per heavy atom. The quantitative estimate of drug-likeness (QED) is 0.549.